The van der Waals surface area contributed by atoms with Crippen molar-refractivity contribution in [2.45, 2.75) is 30.6 Å². The second kappa shape index (κ2) is 7.94. The molecule has 2 fully saturated rings. The number of benzene rings is 1. The van der Waals surface area contributed by atoms with E-state index < -0.39 is 76.4 Å². The van der Waals surface area contributed by atoms with Crippen LogP contribution in [0.25, 0.3) is 0 Å². The van der Waals surface area contributed by atoms with Crippen molar-refractivity contribution in [3.63, 3.8) is 0 Å². The van der Waals surface area contributed by atoms with Crippen LogP contribution < -0.4 is 10.6 Å². The molecule has 1 amide bonds. The van der Waals surface area contributed by atoms with E-state index in [4.69, 9.17) is 5.73 Å². The van der Waals surface area contributed by atoms with Crippen molar-refractivity contribution >= 4 is 34.7 Å². The molecule has 0 aliphatic heterocycles. The number of hydrogen-bond donors (Lipinski definition) is 4. The SMILES string of the molecule is C[C@@H]1c2c(N(C)C)ccc(O)c2C(=O)C2C(=O)[C@@]3(O)C(=O)C(C(N)=O)C(=O)[C@H](N(C)C)[C@H]3[C@H](O)[C@H]21. The van der Waals surface area contributed by atoms with E-state index in [-0.39, 0.29) is 11.3 Å². The number of hydrogen-bond acceptors (Lipinski definition) is 10. The Balaban J connectivity index is 1.99. The molecule has 1 aromatic carbocycles. The first-order chi connectivity index (χ1) is 16.2. The maximum atomic E-state index is 13.8. The molecule has 0 heterocycles. The number of aromatic hydroxyl groups is 1. The van der Waals surface area contributed by atoms with Crippen molar-refractivity contribution in [2.24, 2.45) is 29.4 Å². The van der Waals surface area contributed by atoms with Gasteiger partial charge in [-0.15, -0.1) is 0 Å². The lowest BCUT2D eigenvalue weighted by Gasteiger charge is -2.56. The minimum atomic E-state index is -3.00. The summed E-state index contributed by atoms with van der Waals surface area (Å²) in [5.41, 5.74) is 3.18. The molecule has 35 heavy (non-hydrogen) atoms. The van der Waals surface area contributed by atoms with Crippen LogP contribution >= 0.6 is 0 Å². The van der Waals surface area contributed by atoms with Crippen LogP contribution in [0.4, 0.5) is 5.69 Å². The second-order valence-corrected chi connectivity index (χ2v) is 10.2. The van der Waals surface area contributed by atoms with Crippen molar-refractivity contribution in [3.8, 4) is 5.75 Å². The molecule has 2 unspecified atom stereocenters. The predicted octanol–water partition coefficient (Wildman–Crippen LogP) is -1.54. The number of aliphatic hydroxyl groups excluding tert-OH is 1. The minimum absolute atomic E-state index is 0.123. The van der Waals surface area contributed by atoms with Gasteiger partial charge in [0.05, 0.1) is 29.5 Å². The fourth-order valence-corrected chi connectivity index (χ4v) is 6.44. The molecular weight excluding hydrogens is 458 g/mol. The van der Waals surface area contributed by atoms with Gasteiger partial charge in [0.25, 0.3) is 0 Å². The van der Waals surface area contributed by atoms with Gasteiger partial charge in [-0.05, 0) is 37.7 Å². The summed E-state index contributed by atoms with van der Waals surface area (Å²) < 4.78 is 0. The number of amides is 1. The molecule has 1 aromatic rings. The lowest BCUT2D eigenvalue weighted by molar-refractivity contribution is -0.196. The van der Waals surface area contributed by atoms with Crippen LogP contribution in [-0.4, -0.2) is 95.2 Å². The summed E-state index contributed by atoms with van der Waals surface area (Å²) in [4.78, 5) is 69.0. The van der Waals surface area contributed by atoms with E-state index in [1.165, 1.54) is 25.1 Å². The van der Waals surface area contributed by atoms with Gasteiger partial charge < -0.3 is 26.0 Å². The zero-order valence-corrected chi connectivity index (χ0v) is 20.1. The number of nitrogens with two attached hydrogens (primary N) is 1. The molecule has 5 N–H and O–H groups in total. The van der Waals surface area contributed by atoms with Crippen LogP contribution in [0.3, 0.4) is 0 Å². The van der Waals surface area contributed by atoms with Crippen LogP contribution in [0.1, 0.15) is 28.8 Å². The largest absolute Gasteiger partial charge is 0.507 e. The third-order valence-electron chi connectivity index (χ3n) is 7.93. The number of ketones is 4. The predicted molar refractivity (Wildman–Crippen MR) is 122 cm³/mol. The van der Waals surface area contributed by atoms with E-state index >= 15 is 0 Å². The van der Waals surface area contributed by atoms with Gasteiger partial charge in [0, 0.05) is 25.7 Å². The number of phenolic OH excluding ortho intramolecular Hbond substituents is 1. The van der Waals surface area contributed by atoms with Crippen molar-refractivity contribution in [2.75, 3.05) is 33.1 Å². The summed E-state index contributed by atoms with van der Waals surface area (Å²) in [7, 11) is 6.38. The molecule has 0 radical (unpaired) electrons. The molecule has 11 nitrogen and oxygen atoms in total. The lowest BCUT2D eigenvalue weighted by atomic mass is 9.49. The molecule has 0 bridgehead atoms. The Morgan fingerprint density at radius 3 is 2.17 bits per heavy atom. The van der Waals surface area contributed by atoms with Crippen molar-refractivity contribution in [1.29, 1.82) is 0 Å². The van der Waals surface area contributed by atoms with Gasteiger partial charge in [0.1, 0.15) is 5.75 Å². The monoisotopic (exact) mass is 487 g/mol. The summed E-state index contributed by atoms with van der Waals surface area (Å²) in [6.07, 6.45) is -1.65. The maximum Gasteiger partial charge on any atom is 0.235 e. The van der Waals surface area contributed by atoms with Crippen LogP contribution in [0.15, 0.2) is 12.1 Å². The van der Waals surface area contributed by atoms with Gasteiger partial charge in [-0.1, -0.05) is 6.92 Å². The molecule has 8 atom stereocenters. The van der Waals surface area contributed by atoms with Crippen LogP contribution in [0, 0.1) is 23.7 Å². The highest BCUT2D eigenvalue weighted by molar-refractivity contribution is 6.32. The van der Waals surface area contributed by atoms with Crippen molar-refractivity contribution < 1.29 is 39.3 Å². The average Bonchev–Trinajstić information content (AvgIpc) is 2.75. The third kappa shape index (κ3) is 3.04. The van der Waals surface area contributed by atoms with Crippen LogP contribution in [0.5, 0.6) is 5.75 Å². The zero-order chi connectivity index (χ0) is 26.3. The van der Waals surface area contributed by atoms with E-state index in [0.29, 0.717) is 11.3 Å². The molecule has 0 aromatic heterocycles. The maximum absolute atomic E-state index is 13.8. The third-order valence-corrected chi connectivity index (χ3v) is 7.93. The summed E-state index contributed by atoms with van der Waals surface area (Å²) in [5.74, 6) is -13.3. The molecule has 4 rings (SSSR count). The van der Waals surface area contributed by atoms with Gasteiger partial charge in [0.15, 0.2) is 34.7 Å². The number of anilines is 1. The topological polar surface area (TPSA) is 179 Å². The van der Waals surface area contributed by atoms with Crippen LogP contribution in [0.2, 0.25) is 0 Å². The quantitative estimate of drug-likeness (QED) is 0.365. The second-order valence-electron chi connectivity index (χ2n) is 10.2. The Hall–Kier alpha value is -3.15. The molecule has 3 aliphatic rings. The number of primary amides is 1. The molecular formula is C24H29N3O8. The summed E-state index contributed by atoms with van der Waals surface area (Å²) in [6.45, 7) is 1.68. The van der Waals surface area contributed by atoms with Gasteiger partial charge in [0.2, 0.25) is 5.91 Å². The van der Waals surface area contributed by atoms with Crippen LogP contribution in [-0.2, 0) is 19.2 Å². The highest BCUT2D eigenvalue weighted by Gasteiger charge is 2.73. The van der Waals surface area contributed by atoms with E-state index in [1.807, 2.05) is 0 Å². The van der Waals surface area contributed by atoms with Crippen molar-refractivity contribution in [1.82, 2.24) is 4.90 Å². The number of aliphatic hydroxyl groups is 2. The van der Waals surface area contributed by atoms with E-state index in [9.17, 15) is 39.3 Å². The standard InChI is InChI=1S/C24H29N3O8/c1-8-11-9(26(2)3)6-7-10(28)13(11)18(29)14-12(8)19(30)16-17(27(4)5)20(31)15(23(25)34)22(33)24(16,35)21(14)32/h6-8,12,14-17,19,28,30,35H,1-5H3,(H2,25,34)/t8-,12+,14?,15?,16+,17-,19-,24-/m1/s1. The molecule has 188 valence electrons. The van der Waals surface area contributed by atoms with Gasteiger partial charge in [-0.25, -0.2) is 0 Å². The number of carbonyl (C=O) groups excluding carboxylic acids is 5. The Bertz CT molecular complexity index is 1180. The first-order valence-electron chi connectivity index (χ1n) is 11.2. The number of carbonyl (C=O) groups is 5. The Morgan fingerprint density at radius 1 is 1.06 bits per heavy atom. The van der Waals surface area contributed by atoms with Crippen molar-refractivity contribution in [3.05, 3.63) is 23.3 Å². The smallest absolute Gasteiger partial charge is 0.235 e. The normalized spacial score (nSPS) is 36.5. The Kier molecular flexibility index (Phi) is 5.66. The lowest BCUT2D eigenvalue weighted by Crippen LogP contribution is -2.77. The number of phenols is 1. The fraction of sp³-hybridized carbons (Fsp3) is 0.542. The van der Waals surface area contributed by atoms with Gasteiger partial charge in [-0.2, -0.15) is 0 Å². The summed E-state index contributed by atoms with van der Waals surface area (Å²) in [6, 6.07) is 1.53. The molecule has 11 heteroatoms. The van der Waals surface area contributed by atoms with E-state index in [0.717, 1.165) is 0 Å². The number of nitrogens with zero attached hydrogens (tertiary/aromatic N) is 2. The Labute approximate surface area is 201 Å². The summed E-state index contributed by atoms with van der Waals surface area (Å²) in [5, 5.41) is 33.7. The minimum Gasteiger partial charge on any atom is -0.507 e. The molecule has 0 spiro atoms. The van der Waals surface area contributed by atoms with Gasteiger partial charge in [-0.3, -0.25) is 28.9 Å². The molecule has 3 aliphatic carbocycles. The number of fused-ring (bicyclic) bond motifs is 3. The first kappa shape index (κ1) is 25.0. The van der Waals surface area contributed by atoms with E-state index in [2.05, 4.69) is 0 Å². The molecule has 0 saturated heterocycles. The first-order valence-corrected chi connectivity index (χ1v) is 11.2. The highest BCUT2D eigenvalue weighted by Crippen LogP contribution is 2.55. The molecule has 2 saturated carbocycles. The average molecular weight is 488 g/mol. The Morgan fingerprint density at radius 2 is 1.66 bits per heavy atom. The van der Waals surface area contributed by atoms with E-state index in [1.54, 1.807) is 32.0 Å². The highest BCUT2D eigenvalue weighted by atomic mass is 16.3. The van der Waals surface area contributed by atoms with Gasteiger partial charge >= 0.3 is 0 Å². The summed E-state index contributed by atoms with van der Waals surface area (Å²) >= 11 is 0. The number of rotatable bonds is 3. The number of Topliss-reactive ketones (excluding diaryl/α,β-unsaturated/α-hetero) is 4. The fourth-order valence-electron chi connectivity index (χ4n) is 6.44. The zero-order valence-electron chi connectivity index (χ0n) is 20.1. The number of likely N-dealkylation sites (N-methyl/N-ethyl adjacent to an activating group) is 1.